The molecule has 2 N–H and O–H groups in total. The van der Waals surface area contributed by atoms with Crippen molar-refractivity contribution in [3.05, 3.63) is 17.8 Å². The molecule has 0 spiro atoms. The van der Waals surface area contributed by atoms with Gasteiger partial charge in [0.15, 0.2) is 0 Å². The van der Waals surface area contributed by atoms with Crippen molar-refractivity contribution in [3.63, 3.8) is 0 Å². The van der Waals surface area contributed by atoms with E-state index in [2.05, 4.69) is 18.8 Å². The zero-order chi connectivity index (χ0) is 10.6. The van der Waals surface area contributed by atoms with E-state index < -0.39 is 0 Å². The molecule has 0 aliphatic heterocycles. The SMILES string of the molecule is Cc1cc(N)cnc1OCCC(C)C. The van der Waals surface area contributed by atoms with Crippen LogP contribution in [-0.2, 0) is 0 Å². The third-order valence-corrected chi connectivity index (χ3v) is 1.99. The highest BCUT2D eigenvalue weighted by Crippen LogP contribution is 2.16. The summed E-state index contributed by atoms with van der Waals surface area (Å²) in [7, 11) is 0. The molecule has 0 amide bonds. The van der Waals surface area contributed by atoms with Gasteiger partial charge in [-0.05, 0) is 25.3 Å². The quantitative estimate of drug-likeness (QED) is 0.800. The highest BCUT2D eigenvalue weighted by molar-refractivity contribution is 5.41. The van der Waals surface area contributed by atoms with E-state index in [9.17, 15) is 0 Å². The maximum absolute atomic E-state index is 5.59. The van der Waals surface area contributed by atoms with Gasteiger partial charge in [-0.2, -0.15) is 0 Å². The molecule has 0 aliphatic rings. The molecular formula is C11H18N2O. The zero-order valence-electron chi connectivity index (χ0n) is 9.08. The Morgan fingerprint density at radius 1 is 1.50 bits per heavy atom. The first-order valence-electron chi connectivity index (χ1n) is 4.94. The third-order valence-electron chi connectivity index (χ3n) is 1.99. The molecular weight excluding hydrogens is 176 g/mol. The monoisotopic (exact) mass is 194 g/mol. The van der Waals surface area contributed by atoms with Crippen molar-refractivity contribution in [1.82, 2.24) is 4.98 Å². The number of pyridine rings is 1. The van der Waals surface area contributed by atoms with Crippen molar-refractivity contribution in [2.24, 2.45) is 5.92 Å². The molecule has 3 nitrogen and oxygen atoms in total. The Hall–Kier alpha value is -1.25. The van der Waals surface area contributed by atoms with Gasteiger partial charge in [-0.3, -0.25) is 0 Å². The molecule has 0 aromatic carbocycles. The number of hydrogen-bond donors (Lipinski definition) is 1. The minimum atomic E-state index is 0.657. The molecule has 0 unspecified atom stereocenters. The number of nitrogens with zero attached hydrogens (tertiary/aromatic N) is 1. The van der Waals surface area contributed by atoms with Crippen LogP contribution in [0.25, 0.3) is 0 Å². The summed E-state index contributed by atoms with van der Waals surface area (Å²) >= 11 is 0. The molecule has 1 aromatic heterocycles. The largest absolute Gasteiger partial charge is 0.477 e. The maximum Gasteiger partial charge on any atom is 0.216 e. The highest BCUT2D eigenvalue weighted by Gasteiger charge is 2.01. The fraction of sp³-hybridized carbons (Fsp3) is 0.545. The van der Waals surface area contributed by atoms with E-state index in [1.165, 1.54) is 0 Å². The number of anilines is 1. The van der Waals surface area contributed by atoms with Gasteiger partial charge in [0.1, 0.15) is 0 Å². The fourth-order valence-electron chi connectivity index (χ4n) is 1.13. The van der Waals surface area contributed by atoms with Gasteiger partial charge in [-0.25, -0.2) is 4.98 Å². The van der Waals surface area contributed by atoms with Crippen LogP contribution >= 0.6 is 0 Å². The lowest BCUT2D eigenvalue weighted by Crippen LogP contribution is -2.04. The molecule has 0 saturated carbocycles. The van der Waals surface area contributed by atoms with Crippen molar-refractivity contribution in [1.29, 1.82) is 0 Å². The Kier molecular flexibility index (Phi) is 3.74. The van der Waals surface area contributed by atoms with Crippen LogP contribution in [0.4, 0.5) is 5.69 Å². The van der Waals surface area contributed by atoms with Crippen molar-refractivity contribution in [2.45, 2.75) is 27.2 Å². The van der Waals surface area contributed by atoms with E-state index in [0.29, 0.717) is 17.5 Å². The standard InChI is InChI=1S/C11H18N2O/c1-8(2)4-5-14-11-9(3)6-10(12)7-13-11/h6-8H,4-5,12H2,1-3H3. The summed E-state index contributed by atoms with van der Waals surface area (Å²) < 4.78 is 5.54. The first-order valence-corrected chi connectivity index (χ1v) is 4.94. The molecule has 1 heterocycles. The summed E-state index contributed by atoms with van der Waals surface area (Å²) in [4.78, 5) is 4.13. The van der Waals surface area contributed by atoms with Gasteiger partial charge in [0.05, 0.1) is 18.5 Å². The van der Waals surface area contributed by atoms with E-state index in [0.717, 1.165) is 18.6 Å². The molecule has 0 aliphatic carbocycles. The van der Waals surface area contributed by atoms with Crippen LogP contribution in [0.15, 0.2) is 12.3 Å². The first kappa shape index (κ1) is 10.8. The van der Waals surface area contributed by atoms with Crippen molar-refractivity contribution >= 4 is 5.69 Å². The number of aromatic nitrogens is 1. The second kappa shape index (κ2) is 4.84. The summed E-state index contributed by atoms with van der Waals surface area (Å²) in [6, 6.07) is 1.87. The molecule has 14 heavy (non-hydrogen) atoms. The van der Waals surface area contributed by atoms with Gasteiger partial charge >= 0.3 is 0 Å². The van der Waals surface area contributed by atoms with Crippen molar-refractivity contribution in [2.75, 3.05) is 12.3 Å². The summed E-state index contributed by atoms with van der Waals surface area (Å²) in [6.45, 7) is 7.02. The van der Waals surface area contributed by atoms with E-state index in [1.54, 1.807) is 6.20 Å². The summed E-state index contributed by atoms with van der Waals surface area (Å²) in [6.07, 6.45) is 2.67. The summed E-state index contributed by atoms with van der Waals surface area (Å²) in [5.74, 6) is 1.35. The van der Waals surface area contributed by atoms with Crippen LogP contribution in [0.1, 0.15) is 25.8 Å². The smallest absolute Gasteiger partial charge is 0.216 e. The van der Waals surface area contributed by atoms with Crippen LogP contribution in [-0.4, -0.2) is 11.6 Å². The number of ether oxygens (including phenoxy) is 1. The second-order valence-electron chi connectivity index (χ2n) is 3.92. The van der Waals surface area contributed by atoms with Gasteiger partial charge in [-0.1, -0.05) is 13.8 Å². The lowest BCUT2D eigenvalue weighted by atomic mass is 10.1. The molecule has 0 radical (unpaired) electrons. The predicted molar refractivity (Wildman–Crippen MR) is 58.3 cm³/mol. The lowest BCUT2D eigenvalue weighted by molar-refractivity contribution is 0.277. The topological polar surface area (TPSA) is 48.1 Å². The zero-order valence-corrected chi connectivity index (χ0v) is 9.08. The van der Waals surface area contributed by atoms with E-state index >= 15 is 0 Å². The molecule has 0 saturated heterocycles. The van der Waals surface area contributed by atoms with Crippen molar-refractivity contribution < 1.29 is 4.74 Å². The van der Waals surface area contributed by atoms with Crippen LogP contribution in [0.5, 0.6) is 5.88 Å². The van der Waals surface area contributed by atoms with E-state index in [4.69, 9.17) is 10.5 Å². The van der Waals surface area contributed by atoms with Gasteiger partial charge in [0.25, 0.3) is 0 Å². The molecule has 0 bridgehead atoms. The molecule has 0 atom stereocenters. The molecule has 78 valence electrons. The average molecular weight is 194 g/mol. The van der Waals surface area contributed by atoms with E-state index in [-0.39, 0.29) is 0 Å². The van der Waals surface area contributed by atoms with Gasteiger partial charge in [0.2, 0.25) is 5.88 Å². The Morgan fingerprint density at radius 2 is 2.21 bits per heavy atom. The maximum atomic E-state index is 5.59. The molecule has 3 heteroatoms. The third kappa shape index (κ3) is 3.24. The van der Waals surface area contributed by atoms with Crippen LogP contribution in [0.2, 0.25) is 0 Å². The number of nitrogen functional groups attached to an aromatic ring is 1. The number of rotatable bonds is 4. The highest BCUT2D eigenvalue weighted by atomic mass is 16.5. The van der Waals surface area contributed by atoms with Gasteiger partial charge in [0, 0.05) is 5.56 Å². The summed E-state index contributed by atoms with van der Waals surface area (Å²) in [5, 5.41) is 0. The Labute approximate surface area is 85.3 Å². The minimum Gasteiger partial charge on any atom is -0.477 e. The number of hydrogen-bond acceptors (Lipinski definition) is 3. The molecule has 1 rings (SSSR count). The van der Waals surface area contributed by atoms with Crippen LogP contribution in [0, 0.1) is 12.8 Å². The normalized spacial score (nSPS) is 10.6. The minimum absolute atomic E-state index is 0.657. The first-order chi connectivity index (χ1) is 6.59. The summed E-state index contributed by atoms with van der Waals surface area (Å²) in [5.41, 5.74) is 7.26. The molecule has 0 fully saturated rings. The van der Waals surface area contributed by atoms with Crippen LogP contribution < -0.4 is 10.5 Å². The Bertz CT molecular complexity index is 297. The molecule has 1 aromatic rings. The number of nitrogens with two attached hydrogens (primary N) is 1. The van der Waals surface area contributed by atoms with Gasteiger partial charge < -0.3 is 10.5 Å². The van der Waals surface area contributed by atoms with Crippen LogP contribution in [0.3, 0.4) is 0 Å². The second-order valence-corrected chi connectivity index (χ2v) is 3.92. The predicted octanol–water partition coefficient (Wildman–Crippen LogP) is 2.40. The van der Waals surface area contributed by atoms with Crippen molar-refractivity contribution in [3.8, 4) is 5.88 Å². The number of aryl methyl sites for hydroxylation is 1. The average Bonchev–Trinajstić information content (AvgIpc) is 2.08. The lowest BCUT2D eigenvalue weighted by Gasteiger charge is -2.09. The Balaban J connectivity index is 2.51. The Morgan fingerprint density at radius 3 is 2.79 bits per heavy atom. The fourth-order valence-corrected chi connectivity index (χ4v) is 1.13. The van der Waals surface area contributed by atoms with E-state index in [1.807, 2.05) is 13.0 Å². The van der Waals surface area contributed by atoms with Gasteiger partial charge in [-0.15, -0.1) is 0 Å².